The Balaban J connectivity index is 1.24. The summed E-state index contributed by atoms with van der Waals surface area (Å²) in [6.07, 6.45) is 7.24. The number of carbonyl (C=O) groups excluding carboxylic acids is 1. The van der Waals surface area contributed by atoms with Crippen molar-refractivity contribution in [2.24, 2.45) is 0 Å². The molecule has 0 saturated carbocycles. The highest BCUT2D eigenvalue weighted by atomic mass is 16.5. The number of amides is 2. The van der Waals surface area contributed by atoms with Crippen molar-refractivity contribution in [2.45, 2.75) is 25.8 Å². The quantitative estimate of drug-likeness (QED) is 0.809. The number of ether oxygens (including phenoxy) is 1. The second-order valence-corrected chi connectivity index (χ2v) is 7.38. The molecule has 2 N–H and O–H groups in total. The van der Waals surface area contributed by atoms with E-state index in [0.717, 1.165) is 56.6 Å². The fourth-order valence-electron chi connectivity index (χ4n) is 3.63. The number of morpholine rings is 1. The predicted molar refractivity (Wildman–Crippen MR) is 113 cm³/mol. The molecule has 0 unspecified atom stereocenters. The van der Waals surface area contributed by atoms with Gasteiger partial charge in [-0.15, -0.1) is 0 Å². The van der Waals surface area contributed by atoms with Crippen molar-refractivity contribution in [3.63, 3.8) is 0 Å². The van der Waals surface area contributed by atoms with Crippen LogP contribution < -0.4 is 20.4 Å². The maximum absolute atomic E-state index is 12.2. The minimum Gasteiger partial charge on any atom is -0.378 e. The molecule has 0 radical (unpaired) electrons. The molecule has 154 valence electrons. The number of pyridine rings is 2. The van der Waals surface area contributed by atoms with Crippen LogP contribution in [0.15, 0.2) is 36.7 Å². The molecule has 2 fully saturated rings. The molecule has 8 heteroatoms. The van der Waals surface area contributed by atoms with E-state index < -0.39 is 0 Å². The monoisotopic (exact) mass is 396 g/mol. The van der Waals surface area contributed by atoms with Gasteiger partial charge in [0, 0.05) is 38.9 Å². The number of urea groups is 1. The first kappa shape index (κ1) is 19.4. The molecule has 0 spiro atoms. The minimum atomic E-state index is -0.255. The van der Waals surface area contributed by atoms with Crippen molar-refractivity contribution in [2.75, 3.05) is 54.5 Å². The zero-order chi connectivity index (χ0) is 19.9. The number of carbonyl (C=O) groups is 1. The van der Waals surface area contributed by atoms with Crippen LogP contribution >= 0.6 is 0 Å². The molecular formula is C21H28N6O2. The first-order valence-corrected chi connectivity index (χ1v) is 10.3. The molecule has 4 heterocycles. The standard InChI is InChI=1S/C21H28N6O2/c28-21(25-18-5-7-20(23-16-18)26-8-2-1-3-9-26)24-15-17-4-6-19(22-14-17)27-10-12-29-13-11-27/h4-7,14,16H,1-3,8-13,15H2,(H2,24,25,28). The molecule has 0 aliphatic carbocycles. The van der Waals surface area contributed by atoms with Crippen LogP contribution in [0.1, 0.15) is 24.8 Å². The van der Waals surface area contributed by atoms with Gasteiger partial charge in [-0.05, 0) is 43.0 Å². The zero-order valence-corrected chi connectivity index (χ0v) is 16.6. The highest BCUT2D eigenvalue weighted by Gasteiger charge is 2.13. The van der Waals surface area contributed by atoms with Crippen LogP contribution in [0.5, 0.6) is 0 Å². The van der Waals surface area contributed by atoms with E-state index in [-0.39, 0.29) is 6.03 Å². The number of piperidine rings is 1. The summed E-state index contributed by atoms with van der Waals surface area (Å²) in [5.74, 6) is 1.92. The summed E-state index contributed by atoms with van der Waals surface area (Å²) >= 11 is 0. The largest absolute Gasteiger partial charge is 0.378 e. The molecule has 4 rings (SSSR count). The Morgan fingerprint density at radius 3 is 2.24 bits per heavy atom. The predicted octanol–water partition coefficient (Wildman–Crippen LogP) is 2.63. The third-order valence-corrected chi connectivity index (χ3v) is 5.28. The molecule has 2 amide bonds. The van der Waals surface area contributed by atoms with Crippen LogP contribution in [0, 0.1) is 0 Å². The maximum Gasteiger partial charge on any atom is 0.319 e. The average Bonchev–Trinajstić information content (AvgIpc) is 2.80. The number of aromatic nitrogens is 2. The Labute approximate surface area is 171 Å². The van der Waals surface area contributed by atoms with E-state index in [2.05, 4.69) is 30.4 Å². The minimum absolute atomic E-state index is 0.255. The van der Waals surface area contributed by atoms with Crippen LogP contribution in [0.2, 0.25) is 0 Å². The molecule has 0 bridgehead atoms. The van der Waals surface area contributed by atoms with Gasteiger partial charge in [-0.1, -0.05) is 6.07 Å². The third kappa shape index (κ3) is 5.35. The lowest BCUT2D eigenvalue weighted by molar-refractivity contribution is 0.122. The molecule has 0 aromatic carbocycles. The van der Waals surface area contributed by atoms with Crippen molar-refractivity contribution in [1.29, 1.82) is 0 Å². The van der Waals surface area contributed by atoms with E-state index in [1.54, 1.807) is 12.4 Å². The number of hydrogen-bond acceptors (Lipinski definition) is 6. The van der Waals surface area contributed by atoms with Crippen molar-refractivity contribution in [3.05, 3.63) is 42.2 Å². The van der Waals surface area contributed by atoms with Gasteiger partial charge >= 0.3 is 6.03 Å². The van der Waals surface area contributed by atoms with Gasteiger partial charge in [0.2, 0.25) is 0 Å². The molecule has 8 nitrogen and oxygen atoms in total. The van der Waals surface area contributed by atoms with Crippen molar-refractivity contribution >= 4 is 23.4 Å². The molecule has 29 heavy (non-hydrogen) atoms. The fraction of sp³-hybridized carbons (Fsp3) is 0.476. The Bertz CT molecular complexity index is 784. The summed E-state index contributed by atoms with van der Waals surface area (Å²) in [6, 6.07) is 7.59. The van der Waals surface area contributed by atoms with Gasteiger partial charge in [0.05, 0.1) is 25.1 Å². The van der Waals surface area contributed by atoms with Gasteiger partial charge in [-0.2, -0.15) is 0 Å². The number of anilines is 3. The normalized spacial score (nSPS) is 17.1. The first-order valence-electron chi connectivity index (χ1n) is 10.3. The van der Waals surface area contributed by atoms with Crippen LogP contribution in [0.25, 0.3) is 0 Å². The smallest absolute Gasteiger partial charge is 0.319 e. The Morgan fingerprint density at radius 2 is 1.59 bits per heavy atom. The van der Waals surface area contributed by atoms with Gasteiger partial charge in [-0.25, -0.2) is 14.8 Å². The van der Waals surface area contributed by atoms with E-state index in [0.29, 0.717) is 12.2 Å². The second kappa shape index (κ2) is 9.56. The van der Waals surface area contributed by atoms with E-state index in [1.165, 1.54) is 19.3 Å². The second-order valence-electron chi connectivity index (χ2n) is 7.38. The van der Waals surface area contributed by atoms with Crippen molar-refractivity contribution < 1.29 is 9.53 Å². The van der Waals surface area contributed by atoms with Gasteiger partial charge in [0.25, 0.3) is 0 Å². The Kier molecular flexibility index (Phi) is 6.41. The van der Waals surface area contributed by atoms with E-state index in [1.807, 2.05) is 24.3 Å². The summed E-state index contributed by atoms with van der Waals surface area (Å²) in [5.41, 5.74) is 1.64. The molecule has 2 aromatic heterocycles. The summed E-state index contributed by atoms with van der Waals surface area (Å²) in [4.78, 5) is 25.7. The molecule has 0 atom stereocenters. The van der Waals surface area contributed by atoms with Crippen LogP contribution in [0.3, 0.4) is 0 Å². The Morgan fingerprint density at radius 1 is 0.897 bits per heavy atom. The number of nitrogens with zero attached hydrogens (tertiary/aromatic N) is 4. The SMILES string of the molecule is O=C(NCc1ccc(N2CCOCC2)nc1)Nc1ccc(N2CCCCC2)nc1. The van der Waals surface area contributed by atoms with Gasteiger partial charge < -0.3 is 25.2 Å². The summed E-state index contributed by atoms with van der Waals surface area (Å²) in [5, 5.41) is 5.69. The van der Waals surface area contributed by atoms with E-state index in [9.17, 15) is 4.79 Å². The van der Waals surface area contributed by atoms with E-state index in [4.69, 9.17) is 4.74 Å². The zero-order valence-electron chi connectivity index (χ0n) is 16.6. The topological polar surface area (TPSA) is 82.6 Å². The van der Waals surface area contributed by atoms with Gasteiger partial charge in [0.1, 0.15) is 11.6 Å². The van der Waals surface area contributed by atoms with Crippen LogP contribution in [0.4, 0.5) is 22.1 Å². The summed E-state index contributed by atoms with van der Waals surface area (Å²) < 4.78 is 5.37. The lowest BCUT2D eigenvalue weighted by atomic mass is 10.1. The molecule has 2 aromatic rings. The van der Waals surface area contributed by atoms with E-state index >= 15 is 0 Å². The highest BCUT2D eigenvalue weighted by molar-refractivity contribution is 5.89. The lowest BCUT2D eigenvalue weighted by Gasteiger charge is -2.27. The molecule has 2 aliphatic heterocycles. The number of rotatable bonds is 5. The molecular weight excluding hydrogens is 368 g/mol. The van der Waals surface area contributed by atoms with Gasteiger partial charge in [-0.3, -0.25) is 0 Å². The highest BCUT2D eigenvalue weighted by Crippen LogP contribution is 2.19. The third-order valence-electron chi connectivity index (χ3n) is 5.28. The maximum atomic E-state index is 12.2. The Hall–Kier alpha value is -2.87. The number of nitrogens with one attached hydrogen (secondary N) is 2. The first-order chi connectivity index (χ1) is 14.3. The molecule has 2 aliphatic rings. The fourth-order valence-corrected chi connectivity index (χ4v) is 3.63. The summed E-state index contributed by atoms with van der Waals surface area (Å²) in [7, 11) is 0. The summed E-state index contributed by atoms with van der Waals surface area (Å²) in [6.45, 7) is 5.71. The molecule has 2 saturated heterocycles. The van der Waals surface area contributed by atoms with Crippen LogP contribution in [-0.4, -0.2) is 55.4 Å². The lowest BCUT2D eigenvalue weighted by Crippen LogP contribution is -2.36. The number of hydrogen-bond donors (Lipinski definition) is 2. The van der Waals surface area contributed by atoms with Crippen molar-refractivity contribution in [3.8, 4) is 0 Å². The van der Waals surface area contributed by atoms with Crippen molar-refractivity contribution in [1.82, 2.24) is 15.3 Å². The van der Waals surface area contributed by atoms with Crippen LogP contribution in [-0.2, 0) is 11.3 Å². The average molecular weight is 396 g/mol. The van der Waals surface area contributed by atoms with Gasteiger partial charge in [0.15, 0.2) is 0 Å².